The molecule has 2 aromatic carbocycles. The number of carbonyl (C=O) groups is 2. The van der Waals surface area contributed by atoms with E-state index in [2.05, 4.69) is 31.3 Å². The van der Waals surface area contributed by atoms with Gasteiger partial charge >= 0.3 is 0 Å². The Morgan fingerprint density at radius 3 is 1.54 bits per heavy atom. The Hall–Kier alpha value is -3.82. The largest absolute Gasteiger partial charge is 0.493 e. The van der Waals surface area contributed by atoms with Crippen molar-refractivity contribution in [1.29, 1.82) is 0 Å². The molecule has 0 unspecified atom stereocenters. The Morgan fingerprint density at radius 1 is 0.756 bits per heavy atom. The van der Waals surface area contributed by atoms with Crippen molar-refractivity contribution in [2.24, 2.45) is 10.2 Å². The first kappa shape index (κ1) is 31.7. The zero-order valence-electron chi connectivity index (χ0n) is 23.2. The molecule has 0 fully saturated rings. The van der Waals surface area contributed by atoms with Crippen LogP contribution in [0.15, 0.2) is 55.3 Å². The van der Waals surface area contributed by atoms with Gasteiger partial charge in [-0.1, -0.05) is 47.0 Å². The molecule has 1 aromatic heterocycles. The van der Waals surface area contributed by atoms with E-state index in [0.717, 1.165) is 0 Å². The first-order chi connectivity index (χ1) is 19.8. The summed E-state index contributed by atoms with van der Waals surface area (Å²) in [7, 11) is 6.15. The summed E-state index contributed by atoms with van der Waals surface area (Å²) in [5, 5.41) is 15.4. The summed E-state index contributed by atoms with van der Waals surface area (Å²) in [6.45, 7) is 3.47. The van der Waals surface area contributed by atoms with Crippen LogP contribution in [0.25, 0.3) is 0 Å². The maximum absolute atomic E-state index is 12.5. The van der Waals surface area contributed by atoms with Gasteiger partial charge in [0, 0.05) is 11.1 Å². The Labute approximate surface area is 250 Å². The number of hydrazone groups is 2. The van der Waals surface area contributed by atoms with E-state index in [0.29, 0.717) is 42.8 Å². The fourth-order valence-electron chi connectivity index (χ4n) is 3.24. The number of methoxy groups -OCH3 is 4. The number of hydrogen-bond acceptors (Lipinski definition) is 13. The van der Waals surface area contributed by atoms with Crippen LogP contribution in [0.4, 0.5) is 0 Å². The molecule has 0 bridgehead atoms. The second kappa shape index (κ2) is 15.8. The fraction of sp³-hybridized carbons (Fsp3) is 0.308. The molecule has 0 saturated heterocycles. The average Bonchev–Trinajstić information content (AvgIpc) is 3.42. The van der Waals surface area contributed by atoms with Crippen LogP contribution in [0.2, 0.25) is 0 Å². The fourth-order valence-corrected chi connectivity index (χ4v) is 6.54. The van der Waals surface area contributed by atoms with Crippen LogP contribution < -0.4 is 29.8 Å². The van der Waals surface area contributed by atoms with Crippen molar-refractivity contribution >= 4 is 59.1 Å². The predicted molar refractivity (Wildman–Crippen MR) is 161 cm³/mol. The molecular formula is C26H30N6O6S3. The minimum atomic E-state index is -0.492. The van der Waals surface area contributed by atoms with Gasteiger partial charge in [0.15, 0.2) is 31.7 Å². The Kier molecular flexibility index (Phi) is 12.2. The van der Waals surface area contributed by atoms with Gasteiger partial charge in [-0.2, -0.15) is 10.2 Å². The van der Waals surface area contributed by atoms with Crippen LogP contribution in [0, 0.1) is 0 Å². The highest BCUT2D eigenvalue weighted by molar-refractivity contribution is 8.04. The van der Waals surface area contributed by atoms with Crippen molar-refractivity contribution < 1.29 is 28.5 Å². The molecule has 0 aliphatic carbocycles. The predicted octanol–water partition coefficient (Wildman–Crippen LogP) is 3.83. The van der Waals surface area contributed by atoms with Crippen LogP contribution >= 0.6 is 34.9 Å². The van der Waals surface area contributed by atoms with Crippen LogP contribution in [0.1, 0.15) is 25.0 Å². The summed E-state index contributed by atoms with van der Waals surface area (Å²) in [5.74, 6) is 1.53. The number of carbonyl (C=O) groups excluding carboxylic acids is 2. The highest BCUT2D eigenvalue weighted by atomic mass is 32.2. The number of nitrogens with zero attached hydrogens (tertiary/aromatic N) is 4. The SMILES string of the molecule is COc1cccc(/C=N\NC(=O)[C@@H](C)Sc2nnc(S[C@H](C)C(=O)N/N=C\c3cccc(OC)c3OC)s2)c1OC. The number of rotatable bonds is 14. The maximum atomic E-state index is 12.5. The highest BCUT2D eigenvalue weighted by Crippen LogP contribution is 2.33. The third-order valence-electron chi connectivity index (χ3n) is 5.31. The molecule has 12 nitrogen and oxygen atoms in total. The standard InChI is InChI=1S/C26H30N6O6S3/c1-15(23(33)29-27-13-17-9-7-11-19(35-3)21(17)37-5)39-25-31-32-26(41-25)40-16(2)24(34)30-28-14-18-10-8-12-20(36-4)22(18)38-6/h7-16H,1-6H3,(H,29,33)(H,30,34)/b27-13-,28-14-/t15-,16-/m1/s1. The second-order valence-electron chi connectivity index (χ2n) is 7.99. The molecule has 41 heavy (non-hydrogen) atoms. The van der Waals surface area contributed by atoms with Gasteiger partial charge in [0.05, 0.1) is 51.4 Å². The lowest BCUT2D eigenvalue weighted by Gasteiger charge is -2.10. The van der Waals surface area contributed by atoms with Crippen molar-refractivity contribution in [3.63, 3.8) is 0 Å². The normalized spacial score (nSPS) is 12.6. The molecule has 2 atom stereocenters. The lowest BCUT2D eigenvalue weighted by molar-refractivity contribution is -0.121. The molecule has 0 radical (unpaired) electrons. The monoisotopic (exact) mass is 618 g/mol. The van der Waals surface area contributed by atoms with Crippen molar-refractivity contribution in [2.45, 2.75) is 33.0 Å². The average molecular weight is 619 g/mol. The summed E-state index contributed by atoms with van der Waals surface area (Å²) < 4.78 is 22.4. The van der Waals surface area contributed by atoms with Crippen LogP contribution in [-0.2, 0) is 9.59 Å². The van der Waals surface area contributed by atoms with E-state index in [1.165, 1.54) is 61.5 Å². The van der Waals surface area contributed by atoms with Gasteiger partial charge in [-0.3, -0.25) is 9.59 Å². The molecule has 1 heterocycles. The second-order valence-corrected chi connectivity index (χ2v) is 12.1. The van der Waals surface area contributed by atoms with E-state index >= 15 is 0 Å². The van der Waals surface area contributed by atoms with Crippen LogP contribution in [-0.4, -0.2) is 73.4 Å². The van der Waals surface area contributed by atoms with Gasteiger partial charge in [0.1, 0.15) is 0 Å². The Morgan fingerprint density at radius 2 is 1.17 bits per heavy atom. The lowest BCUT2D eigenvalue weighted by atomic mass is 10.2. The van der Waals surface area contributed by atoms with Crippen LogP contribution in [0.5, 0.6) is 23.0 Å². The molecular weight excluding hydrogens is 589 g/mol. The number of ether oxygens (including phenoxy) is 4. The molecule has 15 heteroatoms. The number of hydrogen-bond donors (Lipinski definition) is 2. The number of para-hydroxylation sites is 2. The summed E-state index contributed by atoms with van der Waals surface area (Å²) >= 11 is 3.77. The quantitative estimate of drug-likeness (QED) is 0.155. The van der Waals surface area contributed by atoms with E-state index in [1.807, 2.05) is 0 Å². The maximum Gasteiger partial charge on any atom is 0.253 e. The summed E-state index contributed by atoms with van der Waals surface area (Å²) in [6.07, 6.45) is 2.97. The van der Waals surface area contributed by atoms with Crippen molar-refractivity contribution in [1.82, 2.24) is 21.0 Å². The molecule has 2 N–H and O–H groups in total. The van der Waals surface area contributed by atoms with E-state index < -0.39 is 10.5 Å². The Bertz CT molecular complexity index is 1300. The van der Waals surface area contributed by atoms with E-state index in [9.17, 15) is 9.59 Å². The van der Waals surface area contributed by atoms with Crippen molar-refractivity contribution in [3.8, 4) is 23.0 Å². The van der Waals surface area contributed by atoms with Gasteiger partial charge in [0.25, 0.3) is 11.8 Å². The summed E-state index contributed by atoms with van der Waals surface area (Å²) in [5.41, 5.74) is 6.35. The zero-order valence-corrected chi connectivity index (χ0v) is 25.7. The molecule has 0 aliphatic heterocycles. The summed E-state index contributed by atoms with van der Waals surface area (Å²) in [6, 6.07) is 10.7. The number of nitrogens with one attached hydrogen (secondary N) is 2. The van der Waals surface area contributed by atoms with Crippen molar-refractivity contribution in [3.05, 3.63) is 47.5 Å². The third kappa shape index (κ3) is 8.83. The zero-order chi connectivity index (χ0) is 29.8. The molecule has 2 amide bonds. The minimum absolute atomic E-state index is 0.309. The number of amides is 2. The van der Waals surface area contributed by atoms with E-state index in [1.54, 1.807) is 64.5 Å². The number of thioether (sulfide) groups is 2. The molecule has 0 saturated carbocycles. The van der Waals surface area contributed by atoms with Gasteiger partial charge in [-0.25, -0.2) is 10.9 Å². The van der Waals surface area contributed by atoms with Crippen molar-refractivity contribution in [2.75, 3.05) is 28.4 Å². The minimum Gasteiger partial charge on any atom is -0.493 e. The van der Waals surface area contributed by atoms with E-state index in [4.69, 9.17) is 18.9 Å². The smallest absolute Gasteiger partial charge is 0.253 e. The topological polar surface area (TPSA) is 146 Å². The number of aromatic nitrogens is 2. The van der Waals surface area contributed by atoms with Gasteiger partial charge < -0.3 is 18.9 Å². The summed E-state index contributed by atoms with van der Waals surface area (Å²) in [4.78, 5) is 25.1. The van der Waals surface area contributed by atoms with Gasteiger partial charge in [0.2, 0.25) is 0 Å². The molecule has 3 rings (SSSR count). The molecule has 218 valence electrons. The van der Waals surface area contributed by atoms with Gasteiger partial charge in [-0.05, 0) is 38.1 Å². The van der Waals surface area contributed by atoms with Gasteiger partial charge in [-0.15, -0.1) is 10.2 Å². The lowest BCUT2D eigenvalue weighted by Crippen LogP contribution is -2.26. The third-order valence-corrected chi connectivity index (χ3v) is 8.60. The van der Waals surface area contributed by atoms with E-state index in [-0.39, 0.29) is 11.8 Å². The Balaban J connectivity index is 1.49. The first-order valence-corrected chi connectivity index (χ1v) is 14.6. The first-order valence-electron chi connectivity index (χ1n) is 12.1. The highest BCUT2D eigenvalue weighted by Gasteiger charge is 2.20. The molecule has 0 spiro atoms. The van der Waals surface area contributed by atoms with Crippen LogP contribution in [0.3, 0.4) is 0 Å². The number of benzene rings is 2. The molecule has 3 aromatic rings. The molecule has 0 aliphatic rings.